The predicted molar refractivity (Wildman–Crippen MR) is 108 cm³/mol. The highest BCUT2D eigenvalue weighted by molar-refractivity contribution is 6.01. The van der Waals surface area contributed by atoms with Crippen LogP contribution < -0.4 is 5.56 Å². The Kier molecular flexibility index (Phi) is 3.78. The normalized spacial score (nSPS) is 11.2. The number of hydrogen-bond acceptors (Lipinski definition) is 5. The van der Waals surface area contributed by atoms with Gasteiger partial charge in [-0.1, -0.05) is 30.3 Å². The molecule has 3 aromatic heterocycles. The van der Waals surface area contributed by atoms with Crippen molar-refractivity contribution in [3.05, 3.63) is 88.2 Å². The van der Waals surface area contributed by atoms with Crippen LogP contribution >= 0.6 is 0 Å². The van der Waals surface area contributed by atoms with Crippen molar-refractivity contribution in [2.75, 3.05) is 0 Å². The summed E-state index contributed by atoms with van der Waals surface area (Å²) in [6.07, 6.45) is 1.49. The Morgan fingerprint density at radius 1 is 1.10 bits per heavy atom. The average molecular weight is 381 g/mol. The molecule has 0 fully saturated rings. The number of aryl methyl sites for hydroxylation is 1. The van der Waals surface area contributed by atoms with Gasteiger partial charge < -0.3 is 4.42 Å². The summed E-state index contributed by atoms with van der Waals surface area (Å²) in [5.41, 5.74) is 3.56. The largest absolute Gasteiger partial charge is 0.448 e. The molecule has 0 radical (unpaired) electrons. The Morgan fingerprint density at radius 2 is 1.86 bits per heavy atom. The van der Waals surface area contributed by atoms with Crippen molar-refractivity contribution in [2.45, 2.75) is 13.5 Å². The fourth-order valence-electron chi connectivity index (χ4n) is 3.54. The Bertz CT molecular complexity index is 1470. The first kappa shape index (κ1) is 17.0. The maximum atomic E-state index is 13.1. The number of benzene rings is 2. The van der Waals surface area contributed by atoms with Crippen LogP contribution in [0.3, 0.4) is 0 Å². The van der Waals surface area contributed by atoms with Gasteiger partial charge in [0, 0.05) is 5.39 Å². The number of fused-ring (bicyclic) bond motifs is 3. The van der Waals surface area contributed by atoms with Gasteiger partial charge in [-0.05, 0) is 31.2 Å². The van der Waals surface area contributed by atoms with Crippen molar-refractivity contribution in [3.63, 3.8) is 0 Å². The number of para-hydroxylation sites is 2. The molecule has 29 heavy (non-hydrogen) atoms. The van der Waals surface area contributed by atoms with E-state index in [1.54, 1.807) is 11.6 Å². The minimum atomic E-state index is -0.298. The summed E-state index contributed by atoms with van der Waals surface area (Å²) in [4.78, 5) is 17.5. The number of nitriles is 1. The lowest BCUT2D eigenvalue weighted by atomic mass is 10.2. The van der Waals surface area contributed by atoms with Crippen molar-refractivity contribution < 1.29 is 4.42 Å². The second-order valence-electron chi connectivity index (χ2n) is 6.72. The molecule has 7 nitrogen and oxygen atoms in total. The van der Waals surface area contributed by atoms with Gasteiger partial charge in [-0.25, -0.2) is 9.67 Å². The number of nitrogens with zero attached hydrogens (tertiary/aromatic N) is 5. The van der Waals surface area contributed by atoms with E-state index in [-0.39, 0.29) is 17.7 Å². The first-order valence-electron chi connectivity index (χ1n) is 9.08. The molecule has 7 heteroatoms. The summed E-state index contributed by atoms with van der Waals surface area (Å²) in [6.45, 7) is 1.93. The highest BCUT2D eigenvalue weighted by Crippen LogP contribution is 2.24. The van der Waals surface area contributed by atoms with Crippen molar-refractivity contribution in [3.8, 4) is 11.8 Å². The van der Waals surface area contributed by atoms with Crippen molar-refractivity contribution >= 4 is 22.1 Å². The summed E-state index contributed by atoms with van der Waals surface area (Å²) in [5, 5.41) is 15.0. The maximum Gasteiger partial charge on any atom is 0.297 e. The standard InChI is InChI=1S/C22H15N5O2/c1-14-17(11-23)18(27(25-14)15-7-3-2-4-8-15)12-26-13-24-20-16-9-5-6-10-19(16)29-21(20)22(26)28/h2-10,13H,12H2,1H3. The Morgan fingerprint density at radius 3 is 2.66 bits per heavy atom. The van der Waals surface area contributed by atoms with Crippen LogP contribution in [0.15, 0.2) is 70.1 Å². The van der Waals surface area contributed by atoms with E-state index in [1.165, 1.54) is 10.9 Å². The van der Waals surface area contributed by atoms with E-state index in [2.05, 4.69) is 16.2 Å². The van der Waals surface area contributed by atoms with Crippen LogP contribution in [0.5, 0.6) is 0 Å². The van der Waals surface area contributed by atoms with E-state index in [9.17, 15) is 10.1 Å². The van der Waals surface area contributed by atoms with Crippen LogP contribution in [-0.4, -0.2) is 19.3 Å². The number of furan rings is 1. The van der Waals surface area contributed by atoms with Gasteiger partial charge in [-0.3, -0.25) is 9.36 Å². The molecule has 0 unspecified atom stereocenters. The number of hydrogen-bond donors (Lipinski definition) is 0. The first-order valence-corrected chi connectivity index (χ1v) is 9.08. The molecule has 0 saturated carbocycles. The Balaban J connectivity index is 1.69. The molecule has 0 bridgehead atoms. The third kappa shape index (κ3) is 2.62. The molecule has 2 aromatic carbocycles. The minimum Gasteiger partial charge on any atom is -0.448 e. The predicted octanol–water partition coefficient (Wildman–Crippen LogP) is 3.56. The summed E-state index contributed by atoms with van der Waals surface area (Å²) < 4.78 is 8.90. The first-order chi connectivity index (χ1) is 14.2. The molecule has 0 atom stereocenters. The summed E-state index contributed by atoms with van der Waals surface area (Å²) in [6, 6.07) is 19.1. The van der Waals surface area contributed by atoms with Gasteiger partial charge in [0.05, 0.1) is 35.5 Å². The van der Waals surface area contributed by atoms with Crippen LogP contribution in [-0.2, 0) is 6.54 Å². The molecule has 0 spiro atoms. The van der Waals surface area contributed by atoms with Crippen molar-refractivity contribution in [2.24, 2.45) is 0 Å². The second-order valence-corrected chi connectivity index (χ2v) is 6.72. The zero-order valence-corrected chi connectivity index (χ0v) is 15.5. The Labute approximate surface area is 165 Å². The fraction of sp³-hybridized carbons (Fsp3) is 0.0909. The van der Waals surface area contributed by atoms with Crippen LogP contribution in [0.2, 0.25) is 0 Å². The van der Waals surface area contributed by atoms with Crippen molar-refractivity contribution in [1.29, 1.82) is 5.26 Å². The van der Waals surface area contributed by atoms with E-state index < -0.39 is 0 Å². The van der Waals surface area contributed by atoms with Crippen molar-refractivity contribution in [1.82, 2.24) is 19.3 Å². The van der Waals surface area contributed by atoms with Gasteiger partial charge in [-0.15, -0.1) is 0 Å². The second kappa shape index (κ2) is 6.46. The molecule has 0 aliphatic carbocycles. The molecule has 0 aliphatic rings. The maximum absolute atomic E-state index is 13.1. The summed E-state index contributed by atoms with van der Waals surface area (Å²) in [7, 11) is 0. The minimum absolute atomic E-state index is 0.150. The molecule has 5 rings (SSSR count). The van der Waals surface area contributed by atoms with E-state index in [0.717, 1.165) is 11.1 Å². The fourth-order valence-corrected chi connectivity index (χ4v) is 3.54. The zero-order chi connectivity index (χ0) is 20.0. The third-order valence-electron chi connectivity index (χ3n) is 4.94. The monoisotopic (exact) mass is 381 g/mol. The molecule has 0 amide bonds. The highest BCUT2D eigenvalue weighted by Gasteiger charge is 2.19. The molecule has 5 aromatic rings. The molecule has 0 saturated heterocycles. The quantitative estimate of drug-likeness (QED) is 0.477. The van der Waals surface area contributed by atoms with Crippen LogP contribution in [0.25, 0.3) is 27.8 Å². The SMILES string of the molecule is Cc1nn(-c2ccccc2)c(Cn2cnc3c(oc4ccccc43)c2=O)c1C#N. The van der Waals surface area contributed by atoms with Crippen LogP contribution in [0, 0.1) is 18.3 Å². The van der Waals surface area contributed by atoms with E-state index >= 15 is 0 Å². The zero-order valence-electron chi connectivity index (χ0n) is 15.5. The van der Waals surface area contributed by atoms with Gasteiger partial charge in [0.25, 0.3) is 5.56 Å². The summed E-state index contributed by atoms with van der Waals surface area (Å²) in [5.74, 6) is 0. The molecule has 0 N–H and O–H groups in total. The molecule has 3 heterocycles. The van der Waals surface area contributed by atoms with Gasteiger partial charge in [0.1, 0.15) is 17.2 Å². The lowest BCUT2D eigenvalue weighted by Crippen LogP contribution is -2.22. The average Bonchev–Trinajstić information content (AvgIpc) is 3.28. The van der Waals surface area contributed by atoms with Gasteiger partial charge in [-0.2, -0.15) is 10.4 Å². The molecular formula is C22H15N5O2. The van der Waals surface area contributed by atoms with Crippen LogP contribution in [0.1, 0.15) is 17.0 Å². The number of rotatable bonds is 3. The van der Waals surface area contributed by atoms with Gasteiger partial charge in [0.15, 0.2) is 0 Å². The topological polar surface area (TPSA) is 89.6 Å². The third-order valence-corrected chi connectivity index (χ3v) is 4.94. The van der Waals surface area contributed by atoms with Crippen LogP contribution in [0.4, 0.5) is 0 Å². The molecular weight excluding hydrogens is 366 g/mol. The molecule has 0 aliphatic heterocycles. The lowest BCUT2D eigenvalue weighted by molar-refractivity contribution is 0.634. The Hall–Kier alpha value is -4.18. The van der Waals surface area contributed by atoms with E-state index in [1.807, 2.05) is 54.6 Å². The molecule has 140 valence electrons. The highest BCUT2D eigenvalue weighted by atomic mass is 16.3. The van der Waals surface area contributed by atoms with E-state index in [0.29, 0.717) is 28.1 Å². The smallest absolute Gasteiger partial charge is 0.297 e. The summed E-state index contributed by atoms with van der Waals surface area (Å²) >= 11 is 0. The van der Waals surface area contributed by atoms with Gasteiger partial charge >= 0.3 is 0 Å². The number of aromatic nitrogens is 4. The van der Waals surface area contributed by atoms with E-state index in [4.69, 9.17) is 4.42 Å². The lowest BCUT2D eigenvalue weighted by Gasteiger charge is -2.09. The van der Waals surface area contributed by atoms with Gasteiger partial charge in [0.2, 0.25) is 5.58 Å².